The van der Waals surface area contributed by atoms with Gasteiger partial charge in [-0.3, -0.25) is 14.5 Å². The van der Waals surface area contributed by atoms with Crippen molar-refractivity contribution in [2.24, 2.45) is 0 Å². The number of sulfonamides is 1. The molecule has 2 aliphatic heterocycles. The number of hydrogen-bond acceptors (Lipinski definition) is 5. The standard InChI is InChI=1S/C18H22F3N3O4S/c1-12(2)24-17(26)14-5-4-13(10-15(14)29(24,27)28)16(25)23-7-3-6-22(8-9-23)11-18(19,20)21/h4-5,10,12H,3,6-9,11H2,1-2H3. The molecule has 0 aliphatic carbocycles. The van der Waals surface area contributed by atoms with E-state index in [0.717, 1.165) is 4.31 Å². The van der Waals surface area contributed by atoms with E-state index >= 15 is 0 Å². The van der Waals surface area contributed by atoms with Gasteiger partial charge in [0.25, 0.3) is 21.8 Å². The molecule has 0 unspecified atom stereocenters. The first-order chi connectivity index (χ1) is 13.4. The maximum absolute atomic E-state index is 12.8. The zero-order valence-corrected chi connectivity index (χ0v) is 16.9. The van der Waals surface area contributed by atoms with E-state index in [1.54, 1.807) is 13.8 Å². The quantitative estimate of drug-likeness (QED) is 0.728. The van der Waals surface area contributed by atoms with Gasteiger partial charge in [0.1, 0.15) is 4.90 Å². The van der Waals surface area contributed by atoms with Gasteiger partial charge in [-0.25, -0.2) is 12.7 Å². The number of halogens is 3. The molecule has 0 N–H and O–H groups in total. The highest BCUT2D eigenvalue weighted by Gasteiger charge is 2.43. The fraction of sp³-hybridized carbons (Fsp3) is 0.556. The second kappa shape index (κ2) is 7.60. The van der Waals surface area contributed by atoms with Crippen LogP contribution in [0.4, 0.5) is 13.2 Å². The van der Waals surface area contributed by atoms with Crippen LogP contribution in [0.2, 0.25) is 0 Å². The number of amides is 2. The fourth-order valence-corrected chi connectivity index (χ4v) is 5.45. The van der Waals surface area contributed by atoms with E-state index in [2.05, 4.69) is 0 Å². The van der Waals surface area contributed by atoms with Gasteiger partial charge in [0.2, 0.25) is 0 Å². The van der Waals surface area contributed by atoms with Crippen LogP contribution in [-0.2, 0) is 10.0 Å². The van der Waals surface area contributed by atoms with Crippen molar-refractivity contribution in [1.29, 1.82) is 0 Å². The molecule has 0 atom stereocenters. The summed E-state index contributed by atoms with van der Waals surface area (Å²) in [6, 6.07) is 3.32. The van der Waals surface area contributed by atoms with Gasteiger partial charge in [0, 0.05) is 37.8 Å². The number of fused-ring (bicyclic) bond motifs is 1. The summed E-state index contributed by atoms with van der Waals surface area (Å²) in [5.74, 6) is -1.10. The Kier molecular flexibility index (Phi) is 5.65. The number of carbonyl (C=O) groups excluding carboxylic acids is 2. The van der Waals surface area contributed by atoms with Crippen molar-refractivity contribution in [3.8, 4) is 0 Å². The van der Waals surface area contributed by atoms with Gasteiger partial charge >= 0.3 is 6.18 Å². The second-order valence-corrected chi connectivity index (χ2v) is 9.23. The molecular weight excluding hydrogens is 411 g/mol. The van der Waals surface area contributed by atoms with Gasteiger partial charge in [0.05, 0.1) is 12.1 Å². The Morgan fingerprint density at radius 2 is 1.83 bits per heavy atom. The molecule has 1 saturated heterocycles. The summed E-state index contributed by atoms with van der Waals surface area (Å²) in [7, 11) is -4.04. The van der Waals surface area contributed by atoms with E-state index < -0.39 is 40.6 Å². The van der Waals surface area contributed by atoms with Crippen LogP contribution in [0.1, 0.15) is 41.0 Å². The Morgan fingerprint density at radius 1 is 1.14 bits per heavy atom. The summed E-state index contributed by atoms with van der Waals surface area (Å²) >= 11 is 0. The Bertz CT molecular complexity index is 931. The molecule has 29 heavy (non-hydrogen) atoms. The largest absolute Gasteiger partial charge is 0.401 e. The lowest BCUT2D eigenvalue weighted by molar-refractivity contribution is -0.145. The smallest absolute Gasteiger partial charge is 0.337 e. The Morgan fingerprint density at radius 3 is 2.45 bits per heavy atom. The van der Waals surface area contributed by atoms with Crippen molar-refractivity contribution >= 4 is 21.8 Å². The third-order valence-corrected chi connectivity index (χ3v) is 6.94. The minimum Gasteiger partial charge on any atom is -0.337 e. The molecule has 2 heterocycles. The molecule has 0 spiro atoms. The fourth-order valence-electron chi connectivity index (χ4n) is 3.66. The highest BCUT2D eigenvalue weighted by atomic mass is 32.2. The van der Waals surface area contributed by atoms with Crippen LogP contribution in [0.15, 0.2) is 23.1 Å². The number of benzene rings is 1. The lowest BCUT2D eigenvalue weighted by atomic mass is 10.1. The minimum absolute atomic E-state index is 0.0162. The van der Waals surface area contributed by atoms with Crippen molar-refractivity contribution in [1.82, 2.24) is 14.1 Å². The number of alkyl halides is 3. The Balaban J connectivity index is 1.80. The highest BCUT2D eigenvalue weighted by Crippen LogP contribution is 2.33. The van der Waals surface area contributed by atoms with Crippen LogP contribution < -0.4 is 0 Å². The molecule has 1 aromatic carbocycles. The summed E-state index contributed by atoms with van der Waals surface area (Å²) in [5, 5.41) is 0. The molecule has 0 aromatic heterocycles. The number of rotatable bonds is 3. The van der Waals surface area contributed by atoms with Crippen molar-refractivity contribution in [3.63, 3.8) is 0 Å². The number of nitrogens with zero attached hydrogens (tertiary/aromatic N) is 3. The lowest BCUT2D eigenvalue weighted by Crippen LogP contribution is -2.38. The molecule has 3 rings (SSSR count). The Labute approximate surface area is 167 Å². The zero-order chi connectivity index (χ0) is 21.6. The summed E-state index contributed by atoms with van der Waals surface area (Å²) < 4.78 is 64.0. The van der Waals surface area contributed by atoms with Gasteiger partial charge in [0.15, 0.2) is 0 Å². The molecule has 1 aromatic rings. The number of hydrogen-bond donors (Lipinski definition) is 0. The van der Waals surface area contributed by atoms with E-state index in [9.17, 15) is 31.2 Å². The molecule has 0 saturated carbocycles. The first kappa shape index (κ1) is 21.6. The van der Waals surface area contributed by atoms with Gasteiger partial charge < -0.3 is 4.90 Å². The predicted molar refractivity (Wildman–Crippen MR) is 97.9 cm³/mol. The van der Waals surface area contributed by atoms with E-state index in [1.807, 2.05) is 0 Å². The monoisotopic (exact) mass is 433 g/mol. The molecular formula is C18H22F3N3O4S. The third kappa shape index (κ3) is 4.25. The maximum atomic E-state index is 12.8. The summed E-state index contributed by atoms with van der Waals surface area (Å²) in [6.45, 7) is 2.81. The van der Waals surface area contributed by atoms with Crippen molar-refractivity contribution in [2.75, 3.05) is 32.7 Å². The predicted octanol–water partition coefficient (Wildman–Crippen LogP) is 1.95. The van der Waals surface area contributed by atoms with E-state index in [-0.39, 0.29) is 42.2 Å². The topological polar surface area (TPSA) is 78.0 Å². The van der Waals surface area contributed by atoms with Crippen molar-refractivity contribution in [3.05, 3.63) is 29.3 Å². The molecule has 2 aliphatic rings. The average molecular weight is 433 g/mol. The first-order valence-corrected chi connectivity index (χ1v) is 10.7. The van der Waals surface area contributed by atoms with Crippen molar-refractivity contribution in [2.45, 2.75) is 37.4 Å². The third-order valence-electron chi connectivity index (χ3n) is 4.94. The van der Waals surface area contributed by atoms with Crippen molar-refractivity contribution < 1.29 is 31.2 Å². The first-order valence-electron chi connectivity index (χ1n) is 9.23. The van der Waals surface area contributed by atoms with E-state index in [4.69, 9.17) is 0 Å². The highest BCUT2D eigenvalue weighted by molar-refractivity contribution is 7.90. The van der Waals surface area contributed by atoms with Crippen LogP contribution >= 0.6 is 0 Å². The maximum Gasteiger partial charge on any atom is 0.401 e. The lowest BCUT2D eigenvalue weighted by Gasteiger charge is -2.23. The summed E-state index contributed by atoms with van der Waals surface area (Å²) in [6.07, 6.45) is -3.92. The summed E-state index contributed by atoms with van der Waals surface area (Å²) in [4.78, 5) is 27.7. The normalized spacial score (nSPS) is 20.1. The number of carbonyl (C=O) groups is 2. The van der Waals surface area contributed by atoms with Crippen LogP contribution in [0.5, 0.6) is 0 Å². The van der Waals surface area contributed by atoms with E-state index in [0.29, 0.717) is 6.42 Å². The van der Waals surface area contributed by atoms with Crippen LogP contribution in [0, 0.1) is 0 Å². The summed E-state index contributed by atoms with van der Waals surface area (Å²) in [5.41, 5.74) is 0.109. The Hall–Kier alpha value is -2.14. The van der Waals surface area contributed by atoms with Crippen LogP contribution in [0.25, 0.3) is 0 Å². The average Bonchev–Trinajstić information content (AvgIpc) is 2.75. The molecule has 1 fully saturated rings. The van der Waals surface area contributed by atoms with Gasteiger partial charge in [-0.1, -0.05) is 0 Å². The van der Waals surface area contributed by atoms with Gasteiger partial charge in [-0.2, -0.15) is 13.2 Å². The second-order valence-electron chi connectivity index (χ2n) is 7.45. The molecule has 160 valence electrons. The van der Waals surface area contributed by atoms with Gasteiger partial charge in [-0.05, 0) is 38.5 Å². The zero-order valence-electron chi connectivity index (χ0n) is 16.1. The molecule has 0 radical (unpaired) electrons. The van der Waals surface area contributed by atoms with Crippen LogP contribution in [0.3, 0.4) is 0 Å². The molecule has 11 heteroatoms. The minimum atomic E-state index is -4.30. The molecule has 7 nitrogen and oxygen atoms in total. The molecule has 0 bridgehead atoms. The molecule has 2 amide bonds. The van der Waals surface area contributed by atoms with Crippen LogP contribution in [-0.4, -0.2) is 79.3 Å². The van der Waals surface area contributed by atoms with E-state index in [1.165, 1.54) is 28.0 Å². The van der Waals surface area contributed by atoms with Gasteiger partial charge in [-0.15, -0.1) is 0 Å². The SMILES string of the molecule is CC(C)N1C(=O)c2ccc(C(=O)N3CCCN(CC(F)(F)F)CC3)cc2S1(=O)=O.